The molecule has 0 aliphatic carbocycles. The Balaban J connectivity index is 1.95. The van der Waals surface area contributed by atoms with Gasteiger partial charge in [0.15, 0.2) is 0 Å². The zero-order chi connectivity index (χ0) is 9.80. The molecule has 1 aliphatic heterocycles. The molecular weight excluding hydrogens is 179 g/mol. The Morgan fingerprint density at radius 3 is 2.64 bits per heavy atom. The summed E-state index contributed by atoms with van der Waals surface area (Å²) in [5, 5.41) is 2.15. The smallest absolute Gasteiger partial charge is 0.125 e. The molecule has 0 unspecified atom stereocenters. The van der Waals surface area contributed by atoms with Crippen molar-refractivity contribution in [2.24, 2.45) is 0 Å². The van der Waals surface area contributed by atoms with E-state index in [-0.39, 0.29) is 5.82 Å². The van der Waals surface area contributed by atoms with Crippen LogP contribution in [0.15, 0.2) is 24.3 Å². The van der Waals surface area contributed by atoms with E-state index in [2.05, 4.69) is 10.4 Å². The van der Waals surface area contributed by atoms with E-state index in [1.165, 1.54) is 31.4 Å². The van der Waals surface area contributed by atoms with Gasteiger partial charge in [-0.15, -0.1) is 0 Å². The second-order valence-electron chi connectivity index (χ2n) is 3.67. The van der Waals surface area contributed by atoms with Gasteiger partial charge in [-0.25, -0.2) is 9.40 Å². The predicted octanol–water partition coefficient (Wildman–Crippen LogP) is 2.64. The fraction of sp³-hybridized carbons (Fsp3) is 0.455. The number of hydrazine groups is 1. The monoisotopic (exact) mass is 194 g/mol. The summed E-state index contributed by atoms with van der Waals surface area (Å²) in [5.74, 6) is -0.188. The van der Waals surface area contributed by atoms with E-state index in [0.29, 0.717) is 0 Å². The lowest BCUT2D eigenvalue weighted by Gasteiger charge is -2.27. The second kappa shape index (κ2) is 4.42. The van der Waals surface area contributed by atoms with E-state index in [0.717, 1.165) is 18.8 Å². The first-order valence-electron chi connectivity index (χ1n) is 5.12. The number of halogens is 1. The second-order valence-corrected chi connectivity index (χ2v) is 3.67. The molecule has 1 heterocycles. The van der Waals surface area contributed by atoms with Gasteiger partial charge in [-0.05, 0) is 31.0 Å². The largest absolute Gasteiger partial charge is 0.319 e. The van der Waals surface area contributed by atoms with Crippen LogP contribution in [-0.2, 0) is 0 Å². The minimum atomic E-state index is -0.188. The molecule has 76 valence electrons. The molecule has 0 radical (unpaired) electrons. The van der Waals surface area contributed by atoms with Crippen LogP contribution in [0, 0.1) is 5.82 Å². The van der Waals surface area contributed by atoms with Crippen LogP contribution in [0.1, 0.15) is 19.3 Å². The maximum Gasteiger partial charge on any atom is 0.125 e. The third-order valence-electron chi connectivity index (χ3n) is 2.47. The van der Waals surface area contributed by atoms with Crippen LogP contribution in [0.4, 0.5) is 10.1 Å². The Kier molecular flexibility index (Phi) is 2.99. The number of hydrogen-bond donors (Lipinski definition) is 1. The predicted molar refractivity (Wildman–Crippen MR) is 55.4 cm³/mol. The molecule has 0 saturated carbocycles. The van der Waals surface area contributed by atoms with Crippen LogP contribution >= 0.6 is 0 Å². The fourth-order valence-electron chi connectivity index (χ4n) is 1.75. The van der Waals surface area contributed by atoms with Gasteiger partial charge in [0, 0.05) is 13.1 Å². The summed E-state index contributed by atoms with van der Waals surface area (Å²) in [6, 6.07) is 6.59. The van der Waals surface area contributed by atoms with Gasteiger partial charge < -0.3 is 5.43 Å². The summed E-state index contributed by atoms with van der Waals surface area (Å²) in [5.41, 5.74) is 4.05. The van der Waals surface area contributed by atoms with Crippen LogP contribution in [0.5, 0.6) is 0 Å². The van der Waals surface area contributed by atoms with Crippen LogP contribution in [0.3, 0.4) is 0 Å². The zero-order valence-electron chi connectivity index (χ0n) is 8.17. The van der Waals surface area contributed by atoms with E-state index in [1.807, 2.05) is 6.07 Å². The molecule has 14 heavy (non-hydrogen) atoms. The molecule has 1 aromatic carbocycles. The topological polar surface area (TPSA) is 15.3 Å². The number of nitrogens with zero attached hydrogens (tertiary/aromatic N) is 1. The van der Waals surface area contributed by atoms with E-state index in [9.17, 15) is 4.39 Å². The Morgan fingerprint density at radius 1 is 1.14 bits per heavy atom. The van der Waals surface area contributed by atoms with Crippen molar-refractivity contribution in [1.29, 1.82) is 0 Å². The number of hydrogen-bond acceptors (Lipinski definition) is 2. The van der Waals surface area contributed by atoms with E-state index < -0.39 is 0 Å². The van der Waals surface area contributed by atoms with Gasteiger partial charge in [0.05, 0.1) is 5.69 Å². The standard InChI is InChI=1S/C11H15FN2/c12-10-5-4-6-11(9-10)13-14-7-2-1-3-8-14/h4-6,9,13H,1-3,7-8H2. The molecule has 1 aliphatic rings. The van der Waals surface area contributed by atoms with Gasteiger partial charge in [-0.2, -0.15) is 0 Å². The summed E-state index contributed by atoms with van der Waals surface area (Å²) in [4.78, 5) is 0. The number of benzene rings is 1. The first-order valence-corrected chi connectivity index (χ1v) is 5.12. The van der Waals surface area contributed by atoms with Crippen molar-refractivity contribution in [3.05, 3.63) is 30.1 Å². The zero-order valence-corrected chi connectivity index (χ0v) is 8.17. The SMILES string of the molecule is Fc1cccc(NN2CCCCC2)c1. The molecule has 1 N–H and O–H groups in total. The minimum Gasteiger partial charge on any atom is -0.319 e. The third-order valence-corrected chi connectivity index (χ3v) is 2.47. The summed E-state index contributed by atoms with van der Waals surface area (Å²) in [6.45, 7) is 2.10. The summed E-state index contributed by atoms with van der Waals surface area (Å²) in [6.07, 6.45) is 3.76. The van der Waals surface area contributed by atoms with Crippen LogP contribution in [0.2, 0.25) is 0 Å². The quantitative estimate of drug-likeness (QED) is 0.778. The molecule has 1 saturated heterocycles. The first-order chi connectivity index (χ1) is 6.84. The van der Waals surface area contributed by atoms with E-state index >= 15 is 0 Å². The summed E-state index contributed by atoms with van der Waals surface area (Å²) in [7, 11) is 0. The van der Waals surface area contributed by atoms with Crippen LogP contribution in [0.25, 0.3) is 0 Å². The molecule has 0 aromatic heterocycles. The van der Waals surface area contributed by atoms with Gasteiger partial charge in [-0.1, -0.05) is 12.5 Å². The van der Waals surface area contributed by atoms with E-state index in [4.69, 9.17) is 0 Å². The first kappa shape index (κ1) is 9.46. The van der Waals surface area contributed by atoms with E-state index in [1.54, 1.807) is 6.07 Å². The maximum atomic E-state index is 12.9. The minimum absolute atomic E-state index is 0.188. The van der Waals surface area contributed by atoms with Crippen LogP contribution < -0.4 is 5.43 Å². The molecule has 1 fully saturated rings. The van der Waals surface area contributed by atoms with Crippen molar-refractivity contribution in [3.63, 3.8) is 0 Å². The lowest BCUT2D eigenvalue weighted by molar-refractivity contribution is 0.273. The van der Waals surface area contributed by atoms with Crippen molar-refractivity contribution in [3.8, 4) is 0 Å². The van der Waals surface area contributed by atoms with Gasteiger partial charge >= 0.3 is 0 Å². The van der Waals surface area contributed by atoms with Crippen molar-refractivity contribution in [1.82, 2.24) is 5.01 Å². The Hall–Kier alpha value is -1.09. The van der Waals surface area contributed by atoms with Crippen molar-refractivity contribution < 1.29 is 4.39 Å². The highest BCUT2D eigenvalue weighted by Crippen LogP contribution is 2.13. The highest BCUT2D eigenvalue weighted by Gasteiger charge is 2.09. The highest BCUT2D eigenvalue weighted by molar-refractivity contribution is 5.42. The molecule has 1 aromatic rings. The molecule has 0 spiro atoms. The molecule has 2 rings (SSSR count). The molecule has 2 nitrogen and oxygen atoms in total. The van der Waals surface area contributed by atoms with Crippen molar-refractivity contribution in [2.45, 2.75) is 19.3 Å². The highest BCUT2D eigenvalue weighted by atomic mass is 19.1. The maximum absolute atomic E-state index is 12.9. The molecule has 0 bridgehead atoms. The number of anilines is 1. The Labute approximate surface area is 83.7 Å². The number of nitrogens with one attached hydrogen (secondary N) is 1. The average molecular weight is 194 g/mol. The average Bonchev–Trinajstić information content (AvgIpc) is 2.19. The van der Waals surface area contributed by atoms with Gasteiger partial charge in [0.1, 0.15) is 5.82 Å². The lowest BCUT2D eigenvalue weighted by atomic mass is 10.2. The Morgan fingerprint density at radius 2 is 1.93 bits per heavy atom. The normalized spacial score (nSPS) is 18.1. The molecule has 0 atom stereocenters. The van der Waals surface area contributed by atoms with Crippen molar-refractivity contribution in [2.75, 3.05) is 18.5 Å². The van der Waals surface area contributed by atoms with Gasteiger partial charge in [-0.3, -0.25) is 0 Å². The summed E-state index contributed by atoms with van der Waals surface area (Å²) >= 11 is 0. The molecular formula is C11H15FN2. The van der Waals surface area contributed by atoms with Gasteiger partial charge in [0.2, 0.25) is 0 Å². The molecule has 0 amide bonds. The molecule has 3 heteroatoms. The van der Waals surface area contributed by atoms with Crippen LogP contribution in [-0.4, -0.2) is 18.1 Å². The third kappa shape index (κ3) is 2.45. The summed E-state index contributed by atoms with van der Waals surface area (Å²) < 4.78 is 12.9. The number of piperidine rings is 1. The lowest BCUT2D eigenvalue weighted by Crippen LogP contribution is -2.34. The van der Waals surface area contributed by atoms with Gasteiger partial charge in [0.25, 0.3) is 0 Å². The van der Waals surface area contributed by atoms with Crippen molar-refractivity contribution >= 4 is 5.69 Å². The fourth-order valence-corrected chi connectivity index (χ4v) is 1.75. The number of rotatable bonds is 2. The Bertz CT molecular complexity index is 295.